The van der Waals surface area contributed by atoms with E-state index in [-0.39, 0.29) is 41.2 Å². The van der Waals surface area contributed by atoms with Crippen LogP contribution in [0.15, 0.2) is 59.7 Å². The highest BCUT2D eigenvalue weighted by atomic mass is 16.5. The first-order chi connectivity index (χ1) is 14.0. The zero-order valence-corrected chi connectivity index (χ0v) is 17.0. The molecule has 152 valence electrons. The highest BCUT2D eigenvalue weighted by Crippen LogP contribution is 2.60. The Morgan fingerprint density at radius 3 is 2.97 bits per heavy atom. The maximum Gasteiger partial charge on any atom is 0.166 e. The lowest BCUT2D eigenvalue weighted by atomic mass is 9.64. The van der Waals surface area contributed by atoms with Gasteiger partial charge in [-0.3, -0.25) is 9.78 Å². The largest absolute Gasteiger partial charge is 0.489 e. The van der Waals surface area contributed by atoms with Gasteiger partial charge >= 0.3 is 0 Å². The SMILES string of the molecule is CO[C@@H]1C[C@H]2[C@@H]3OC4=C(C=C3C=C[C@]2(C)[C@H]1c1cccnc1)C(=O)CC(CN)C4. The normalized spacial score (nSPS) is 38.1. The number of ether oxygens (including phenoxy) is 2. The van der Waals surface area contributed by atoms with Crippen LogP contribution in [0.2, 0.25) is 0 Å². The molecule has 1 fully saturated rings. The van der Waals surface area contributed by atoms with E-state index in [0.717, 1.165) is 29.7 Å². The summed E-state index contributed by atoms with van der Waals surface area (Å²) in [7, 11) is 1.79. The van der Waals surface area contributed by atoms with Crippen LogP contribution in [-0.4, -0.2) is 36.6 Å². The summed E-state index contributed by atoms with van der Waals surface area (Å²) in [4.78, 5) is 17.0. The Hall–Kier alpha value is -2.24. The van der Waals surface area contributed by atoms with E-state index in [0.29, 0.717) is 13.0 Å². The van der Waals surface area contributed by atoms with Crippen LogP contribution in [0.4, 0.5) is 0 Å². The maximum absolute atomic E-state index is 12.6. The second-order valence-corrected chi connectivity index (χ2v) is 9.03. The summed E-state index contributed by atoms with van der Waals surface area (Å²) < 4.78 is 12.5. The van der Waals surface area contributed by atoms with Crippen molar-refractivity contribution in [3.63, 3.8) is 0 Å². The van der Waals surface area contributed by atoms with Gasteiger partial charge in [-0.25, -0.2) is 0 Å². The number of pyridine rings is 1. The second kappa shape index (κ2) is 6.92. The van der Waals surface area contributed by atoms with Crippen LogP contribution in [-0.2, 0) is 14.3 Å². The number of nitrogens with two attached hydrogens (primary N) is 1. The van der Waals surface area contributed by atoms with Crippen molar-refractivity contribution < 1.29 is 14.3 Å². The van der Waals surface area contributed by atoms with E-state index in [1.165, 1.54) is 5.56 Å². The number of Topliss-reactive ketones (excluding diaryl/α,β-unsaturated/α-hetero) is 1. The fraction of sp³-hybridized carbons (Fsp3) is 0.500. The monoisotopic (exact) mass is 392 g/mol. The fourth-order valence-corrected chi connectivity index (χ4v) is 5.93. The minimum Gasteiger partial charge on any atom is -0.489 e. The Balaban J connectivity index is 1.53. The number of hydrogen-bond acceptors (Lipinski definition) is 5. The van der Waals surface area contributed by atoms with Crippen molar-refractivity contribution in [1.29, 1.82) is 0 Å². The minimum absolute atomic E-state index is 0.0487. The van der Waals surface area contributed by atoms with Crippen LogP contribution in [0.3, 0.4) is 0 Å². The number of nitrogens with zero attached hydrogens (tertiary/aromatic N) is 1. The third kappa shape index (κ3) is 2.82. The van der Waals surface area contributed by atoms with Gasteiger partial charge in [-0.1, -0.05) is 25.1 Å². The number of ketones is 1. The number of carbonyl (C=O) groups is 1. The lowest BCUT2D eigenvalue weighted by Crippen LogP contribution is -2.41. The average molecular weight is 392 g/mol. The molecule has 4 aliphatic rings. The number of carbonyl (C=O) groups excluding carboxylic acids is 1. The van der Waals surface area contributed by atoms with Gasteiger partial charge < -0.3 is 15.2 Å². The van der Waals surface area contributed by atoms with E-state index in [2.05, 4.69) is 36.2 Å². The van der Waals surface area contributed by atoms with Gasteiger partial charge in [-0.15, -0.1) is 0 Å². The van der Waals surface area contributed by atoms with Crippen LogP contribution in [0.25, 0.3) is 0 Å². The predicted molar refractivity (Wildman–Crippen MR) is 110 cm³/mol. The van der Waals surface area contributed by atoms with Crippen molar-refractivity contribution in [2.24, 2.45) is 23.0 Å². The molecular formula is C24H28N2O3. The fourth-order valence-electron chi connectivity index (χ4n) is 5.93. The Labute approximate surface area is 171 Å². The van der Waals surface area contributed by atoms with E-state index in [1.54, 1.807) is 7.11 Å². The number of hydrogen-bond donors (Lipinski definition) is 1. The van der Waals surface area contributed by atoms with Crippen LogP contribution >= 0.6 is 0 Å². The molecule has 5 rings (SSSR count). The molecule has 0 radical (unpaired) electrons. The number of allylic oxidation sites excluding steroid dienone is 4. The van der Waals surface area contributed by atoms with E-state index in [9.17, 15) is 4.79 Å². The molecule has 2 heterocycles. The predicted octanol–water partition coefficient (Wildman–Crippen LogP) is 3.29. The van der Waals surface area contributed by atoms with Crippen LogP contribution in [0.5, 0.6) is 0 Å². The molecule has 1 aromatic rings. The Morgan fingerprint density at radius 1 is 1.38 bits per heavy atom. The van der Waals surface area contributed by atoms with Crippen molar-refractivity contribution in [2.45, 2.75) is 44.3 Å². The second-order valence-electron chi connectivity index (χ2n) is 9.03. The van der Waals surface area contributed by atoms with Crippen LogP contribution < -0.4 is 5.73 Å². The summed E-state index contributed by atoms with van der Waals surface area (Å²) >= 11 is 0. The first kappa shape index (κ1) is 18.8. The molecule has 5 nitrogen and oxygen atoms in total. The lowest BCUT2D eigenvalue weighted by molar-refractivity contribution is -0.117. The third-order valence-electron chi connectivity index (χ3n) is 7.46. The topological polar surface area (TPSA) is 74.4 Å². The standard InChI is InChI=1S/C24H28N2O3/c1-24-6-5-15-10-17-19(27)8-14(12-25)9-20(17)29-23(15)18(24)11-21(28-2)22(24)16-4-3-7-26-13-16/h3-7,10,13-14,18,21-23H,8-9,11-12,25H2,1-2H3/t14?,18-,21+,22-,23+,24-/m0/s1. The average Bonchev–Trinajstić information content (AvgIpc) is 3.06. The van der Waals surface area contributed by atoms with Crippen molar-refractivity contribution in [2.75, 3.05) is 13.7 Å². The van der Waals surface area contributed by atoms with Crippen molar-refractivity contribution >= 4 is 5.78 Å². The van der Waals surface area contributed by atoms with Gasteiger partial charge in [0.2, 0.25) is 0 Å². The van der Waals surface area contributed by atoms with Gasteiger partial charge in [0.25, 0.3) is 0 Å². The molecule has 1 saturated carbocycles. The smallest absolute Gasteiger partial charge is 0.166 e. The molecule has 3 aliphatic carbocycles. The Kier molecular flexibility index (Phi) is 4.48. The van der Waals surface area contributed by atoms with E-state index >= 15 is 0 Å². The van der Waals surface area contributed by atoms with Gasteiger partial charge in [0.1, 0.15) is 11.9 Å². The summed E-state index contributed by atoms with van der Waals surface area (Å²) in [6.45, 7) is 2.83. The molecule has 5 heteroatoms. The quantitative estimate of drug-likeness (QED) is 0.854. The molecule has 6 atom stereocenters. The number of aromatic nitrogens is 1. The van der Waals surface area contributed by atoms with Gasteiger partial charge in [-0.2, -0.15) is 0 Å². The van der Waals surface area contributed by atoms with Gasteiger partial charge in [0.05, 0.1) is 11.7 Å². The Morgan fingerprint density at radius 2 is 2.24 bits per heavy atom. The maximum atomic E-state index is 12.6. The molecule has 0 spiro atoms. The van der Waals surface area contributed by atoms with Gasteiger partial charge in [0, 0.05) is 49.6 Å². The highest BCUT2D eigenvalue weighted by Gasteiger charge is 2.57. The van der Waals surface area contributed by atoms with E-state index < -0.39 is 0 Å². The van der Waals surface area contributed by atoms with E-state index in [1.807, 2.05) is 18.5 Å². The third-order valence-corrected chi connectivity index (χ3v) is 7.46. The zero-order valence-electron chi connectivity index (χ0n) is 17.0. The van der Waals surface area contributed by atoms with Crippen LogP contribution in [0.1, 0.15) is 37.7 Å². The molecule has 0 aromatic carbocycles. The summed E-state index contributed by atoms with van der Waals surface area (Å²) in [5, 5.41) is 0. The summed E-state index contributed by atoms with van der Waals surface area (Å²) in [5.41, 5.74) is 8.82. The van der Waals surface area contributed by atoms with Crippen LogP contribution in [0, 0.1) is 17.3 Å². The van der Waals surface area contributed by atoms with Gasteiger partial charge in [-0.05, 0) is 42.2 Å². The van der Waals surface area contributed by atoms with Gasteiger partial charge in [0.15, 0.2) is 5.78 Å². The molecular weight excluding hydrogens is 364 g/mol. The number of fused-ring (bicyclic) bond motifs is 3. The molecule has 0 bridgehead atoms. The highest BCUT2D eigenvalue weighted by molar-refractivity contribution is 6.00. The molecule has 1 unspecified atom stereocenters. The molecule has 1 aliphatic heterocycles. The van der Waals surface area contributed by atoms with Crippen molar-refractivity contribution in [1.82, 2.24) is 4.98 Å². The summed E-state index contributed by atoms with van der Waals surface area (Å²) in [5.74, 6) is 1.66. The molecule has 1 aromatic heterocycles. The molecule has 0 amide bonds. The van der Waals surface area contributed by atoms with Crippen molar-refractivity contribution in [3.8, 4) is 0 Å². The summed E-state index contributed by atoms with van der Waals surface area (Å²) in [6.07, 6.45) is 12.5. The molecule has 0 saturated heterocycles. The first-order valence-electron chi connectivity index (χ1n) is 10.5. The first-order valence-corrected chi connectivity index (χ1v) is 10.5. The Bertz CT molecular complexity index is 919. The lowest BCUT2D eigenvalue weighted by Gasteiger charge is -2.44. The minimum atomic E-state index is -0.101. The molecule has 29 heavy (non-hydrogen) atoms. The van der Waals surface area contributed by atoms with E-state index in [4.69, 9.17) is 15.2 Å². The van der Waals surface area contributed by atoms with Crippen molar-refractivity contribution in [3.05, 3.63) is 65.2 Å². The zero-order chi connectivity index (χ0) is 20.2. The number of methoxy groups -OCH3 is 1. The number of rotatable bonds is 3. The molecule has 2 N–H and O–H groups in total. The summed E-state index contributed by atoms with van der Waals surface area (Å²) in [6, 6.07) is 4.13.